The smallest absolute Gasteiger partial charge is 0.259 e. The topological polar surface area (TPSA) is 73.9 Å². The zero-order valence-corrected chi connectivity index (χ0v) is 10.9. The van der Waals surface area contributed by atoms with Crippen LogP contribution in [0.25, 0.3) is 11.5 Å². The van der Waals surface area contributed by atoms with E-state index in [1.807, 2.05) is 0 Å². The second-order valence-corrected chi connectivity index (χ2v) is 4.78. The zero-order valence-electron chi connectivity index (χ0n) is 10.9. The number of ether oxygens (including phenoxy) is 1. The van der Waals surface area contributed by atoms with Crippen molar-refractivity contribution in [2.45, 2.75) is 37.7 Å². The van der Waals surface area contributed by atoms with Gasteiger partial charge in [0.1, 0.15) is 17.6 Å². The van der Waals surface area contributed by atoms with Gasteiger partial charge in [-0.1, -0.05) is 24.4 Å². The van der Waals surface area contributed by atoms with E-state index in [4.69, 9.17) is 9.26 Å². The van der Waals surface area contributed by atoms with Crippen molar-refractivity contribution in [1.29, 1.82) is 0 Å². The Morgan fingerprint density at radius 3 is 2.79 bits per heavy atom. The first-order valence-corrected chi connectivity index (χ1v) is 6.50. The third-order valence-corrected chi connectivity index (χ3v) is 3.68. The maximum absolute atomic E-state index is 5.69. The van der Waals surface area contributed by atoms with Gasteiger partial charge in [-0.2, -0.15) is 4.98 Å². The van der Waals surface area contributed by atoms with E-state index < -0.39 is 5.60 Å². The van der Waals surface area contributed by atoms with Crippen LogP contribution in [0.4, 0.5) is 0 Å². The average Bonchev–Trinajstić information content (AvgIpc) is 2.99. The van der Waals surface area contributed by atoms with Crippen LogP contribution >= 0.6 is 0 Å². The maximum Gasteiger partial charge on any atom is 0.259 e. The normalized spacial score (nSPS) is 18.4. The summed E-state index contributed by atoms with van der Waals surface area (Å²) in [5, 5.41) is 4.00. The summed E-state index contributed by atoms with van der Waals surface area (Å²) in [7, 11) is 1.71. The summed E-state index contributed by atoms with van der Waals surface area (Å²) in [6.45, 7) is 0. The van der Waals surface area contributed by atoms with Crippen molar-refractivity contribution in [1.82, 2.24) is 20.1 Å². The number of aromatic nitrogens is 4. The first kappa shape index (κ1) is 12.2. The fourth-order valence-corrected chi connectivity index (χ4v) is 2.56. The maximum atomic E-state index is 5.69. The Morgan fingerprint density at radius 2 is 2.11 bits per heavy atom. The molecule has 0 amide bonds. The molecule has 0 aromatic carbocycles. The predicted octanol–water partition coefficient (Wildman–Crippen LogP) is 2.33. The highest BCUT2D eigenvalue weighted by atomic mass is 16.5. The molecule has 0 saturated heterocycles. The summed E-state index contributed by atoms with van der Waals surface area (Å²) in [4.78, 5) is 12.4. The van der Waals surface area contributed by atoms with E-state index in [0.29, 0.717) is 17.4 Å². The van der Waals surface area contributed by atoms with E-state index in [2.05, 4.69) is 20.1 Å². The summed E-state index contributed by atoms with van der Waals surface area (Å²) in [6.07, 6.45) is 8.46. The van der Waals surface area contributed by atoms with Gasteiger partial charge in [0.05, 0.1) is 0 Å². The molecule has 0 spiro atoms. The highest BCUT2D eigenvalue weighted by molar-refractivity contribution is 5.46. The Balaban J connectivity index is 1.92. The summed E-state index contributed by atoms with van der Waals surface area (Å²) >= 11 is 0. The molecule has 0 aliphatic heterocycles. The lowest BCUT2D eigenvalue weighted by molar-refractivity contribution is -0.0672. The third-order valence-electron chi connectivity index (χ3n) is 3.68. The second-order valence-electron chi connectivity index (χ2n) is 4.78. The van der Waals surface area contributed by atoms with E-state index in [1.54, 1.807) is 19.4 Å². The van der Waals surface area contributed by atoms with Gasteiger partial charge in [0.25, 0.3) is 5.89 Å². The summed E-state index contributed by atoms with van der Waals surface area (Å²) in [6, 6.07) is 1.76. The van der Waals surface area contributed by atoms with Gasteiger partial charge in [0.2, 0.25) is 5.82 Å². The lowest BCUT2D eigenvalue weighted by Gasteiger charge is -2.32. The standard InChI is InChI=1S/C13H16N4O2/c1-18-13(6-3-2-4-7-13)12-16-11(17-19-12)10-5-8-14-9-15-10/h5,8-9H,2-4,6-7H2,1H3. The minimum absolute atomic E-state index is 0.420. The van der Waals surface area contributed by atoms with Crippen molar-refractivity contribution in [3.8, 4) is 11.5 Å². The van der Waals surface area contributed by atoms with Crippen LogP contribution in [0.15, 0.2) is 23.1 Å². The van der Waals surface area contributed by atoms with Gasteiger partial charge in [0.15, 0.2) is 0 Å². The molecular weight excluding hydrogens is 244 g/mol. The van der Waals surface area contributed by atoms with Crippen LogP contribution < -0.4 is 0 Å². The Kier molecular flexibility index (Phi) is 3.25. The van der Waals surface area contributed by atoms with Gasteiger partial charge in [-0.15, -0.1) is 0 Å². The average molecular weight is 260 g/mol. The lowest BCUT2D eigenvalue weighted by atomic mass is 9.84. The number of methoxy groups -OCH3 is 1. The van der Waals surface area contributed by atoms with Gasteiger partial charge in [-0.25, -0.2) is 9.97 Å². The first-order chi connectivity index (χ1) is 9.34. The molecule has 0 bridgehead atoms. The van der Waals surface area contributed by atoms with Crippen LogP contribution in [-0.2, 0) is 10.3 Å². The molecule has 2 aromatic heterocycles. The molecule has 2 heterocycles. The molecule has 0 N–H and O–H groups in total. The third kappa shape index (κ3) is 2.23. The van der Waals surface area contributed by atoms with Crippen molar-refractivity contribution in [2.24, 2.45) is 0 Å². The van der Waals surface area contributed by atoms with Crippen LogP contribution in [0, 0.1) is 0 Å². The zero-order chi connectivity index (χ0) is 13.1. The lowest BCUT2D eigenvalue weighted by Crippen LogP contribution is -2.31. The number of hydrogen-bond donors (Lipinski definition) is 0. The molecule has 2 aromatic rings. The van der Waals surface area contributed by atoms with Crippen molar-refractivity contribution >= 4 is 0 Å². The SMILES string of the molecule is COC1(c2nc(-c3ccncn3)no2)CCCCC1. The molecule has 0 radical (unpaired) electrons. The highest BCUT2D eigenvalue weighted by Crippen LogP contribution is 2.39. The molecule has 1 fully saturated rings. The molecule has 1 aliphatic carbocycles. The minimum atomic E-state index is -0.420. The van der Waals surface area contributed by atoms with Crippen LogP contribution in [0.3, 0.4) is 0 Å². The second kappa shape index (κ2) is 5.05. The molecule has 0 unspecified atom stereocenters. The van der Waals surface area contributed by atoms with Gasteiger partial charge < -0.3 is 9.26 Å². The fourth-order valence-electron chi connectivity index (χ4n) is 2.56. The Labute approximate surface area is 111 Å². The largest absolute Gasteiger partial charge is 0.368 e. The van der Waals surface area contributed by atoms with Crippen LogP contribution in [0.2, 0.25) is 0 Å². The Bertz CT molecular complexity index is 535. The molecule has 100 valence electrons. The molecule has 3 rings (SSSR count). The van der Waals surface area contributed by atoms with Crippen molar-refractivity contribution in [2.75, 3.05) is 7.11 Å². The van der Waals surface area contributed by atoms with E-state index >= 15 is 0 Å². The quantitative estimate of drug-likeness (QED) is 0.843. The minimum Gasteiger partial charge on any atom is -0.368 e. The van der Waals surface area contributed by atoms with E-state index in [0.717, 1.165) is 25.7 Å². The molecule has 0 atom stereocenters. The van der Waals surface area contributed by atoms with E-state index in [1.165, 1.54) is 12.7 Å². The van der Waals surface area contributed by atoms with Gasteiger partial charge in [-0.3, -0.25) is 0 Å². The molecule has 19 heavy (non-hydrogen) atoms. The molecule has 1 aliphatic rings. The summed E-state index contributed by atoms with van der Waals surface area (Å²) < 4.78 is 11.1. The Hall–Kier alpha value is -1.82. The van der Waals surface area contributed by atoms with Gasteiger partial charge in [0, 0.05) is 13.3 Å². The first-order valence-electron chi connectivity index (χ1n) is 6.50. The van der Waals surface area contributed by atoms with E-state index in [9.17, 15) is 0 Å². The molecule has 6 nitrogen and oxygen atoms in total. The summed E-state index contributed by atoms with van der Waals surface area (Å²) in [5.41, 5.74) is 0.239. The monoisotopic (exact) mass is 260 g/mol. The molecule has 1 saturated carbocycles. The van der Waals surface area contributed by atoms with Gasteiger partial charge >= 0.3 is 0 Å². The van der Waals surface area contributed by atoms with Crippen LogP contribution in [-0.4, -0.2) is 27.2 Å². The van der Waals surface area contributed by atoms with Crippen LogP contribution in [0.5, 0.6) is 0 Å². The number of hydrogen-bond acceptors (Lipinski definition) is 6. The van der Waals surface area contributed by atoms with Gasteiger partial charge in [-0.05, 0) is 18.9 Å². The van der Waals surface area contributed by atoms with Crippen molar-refractivity contribution in [3.05, 3.63) is 24.5 Å². The number of rotatable bonds is 3. The predicted molar refractivity (Wildman–Crippen MR) is 67.1 cm³/mol. The van der Waals surface area contributed by atoms with Crippen molar-refractivity contribution < 1.29 is 9.26 Å². The van der Waals surface area contributed by atoms with Crippen molar-refractivity contribution in [3.63, 3.8) is 0 Å². The van der Waals surface area contributed by atoms with E-state index in [-0.39, 0.29) is 0 Å². The Morgan fingerprint density at radius 1 is 1.26 bits per heavy atom. The summed E-state index contributed by atoms with van der Waals surface area (Å²) in [5.74, 6) is 1.04. The van der Waals surface area contributed by atoms with Crippen LogP contribution in [0.1, 0.15) is 38.0 Å². The number of nitrogens with zero attached hydrogens (tertiary/aromatic N) is 4. The molecule has 6 heteroatoms. The fraction of sp³-hybridized carbons (Fsp3) is 0.538. The highest BCUT2D eigenvalue weighted by Gasteiger charge is 2.39. The molecular formula is C13H16N4O2.